The van der Waals surface area contributed by atoms with Gasteiger partial charge in [-0.25, -0.2) is 14.0 Å². The van der Waals surface area contributed by atoms with Crippen LogP contribution < -0.4 is 5.32 Å². The zero-order valence-corrected chi connectivity index (χ0v) is 12.5. The van der Waals surface area contributed by atoms with Crippen LogP contribution in [-0.2, 0) is 16.1 Å². The van der Waals surface area contributed by atoms with Crippen molar-refractivity contribution in [3.8, 4) is 0 Å². The fourth-order valence-corrected chi connectivity index (χ4v) is 2.02. The van der Waals surface area contributed by atoms with Gasteiger partial charge in [0.15, 0.2) is 6.04 Å². The molecule has 1 amide bonds. The van der Waals surface area contributed by atoms with Crippen LogP contribution in [0.4, 0.5) is 9.18 Å². The highest BCUT2D eigenvalue weighted by Crippen LogP contribution is 2.17. The molecule has 1 atom stereocenters. The monoisotopic (exact) mass is 317 g/mol. The van der Waals surface area contributed by atoms with Crippen LogP contribution in [0.1, 0.15) is 22.7 Å². The van der Waals surface area contributed by atoms with Crippen molar-refractivity contribution in [2.75, 3.05) is 0 Å². The summed E-state index contributed by atoms with van der Waals surface area (Å²) in [7, 11) is 0. The van der Waals surface area contributed by atoms with Gasteiger partial charge in [-0.1, -0.05) is 42.5 Å². The number of amides is 1. The molecule has 0 heterocycles. The Morgan fingerprint density at radius 1 is 1.22 bits per heavy atom. The largest absolute Gasteiger partial charge is 0.479 e. The van der Waals surface area contributed by atoms with Gasteiger partial charge in [0.25, 0.3) is 0 Å². The third kappa shape index (κ3) is 4.54. The summed E-state index contributed by atoms with van der Waals surface area (Å²) in [6.07, 6.45) is -0.858. The van der Waals surface area contributed by atoms with Gasteiger partial charge in [-0.15, -0.1) is 0 Å². The summed E-state index contributed by atoms with van der Waals surface area (Å²) in [4.78, 5) is 23.1. The Kier molecular flexibility index (Phi) is 5.30. The molecule has 2 N–H and O–H groups in total. The van der Waals surface area contributed by atoms with E-state index in [1.54, 1.807) is 24.3 Å². The first-order valence-corrected chi connectivity index (χ1v) is 6.93. The van der Waals surface area contributed by atoms with Gasteiger partial charge >= 0.3 is 12.1 Å². The number of aryl methyl sites for hydroxylation is 1. The predicted octanol–water partition coefficient (Wildman–Crippen LogP) is 3.19. The molecule has 2 aromatic rings. The number of aliphatic carboxylic acids is 1. The van der Waals surface area contributed by atoms with E-state index in [1.807, 2.05) is 6.07 Å². The number of carbonyl (C=O) groups is 2. The molecule has 6 heteroatoms. The van der Waals surface area contributed by atoms with Crippen LogP contribution in [0.25, 0.3) is 0 Å². The maximum Gasteiger partial charge on any atom is 0.408 e. The van der Waals surface area contributed by atoms with Gasteiger partial charge in [-0.3, -0.25) is 0 Å². The first kappa shape index (κ1) is 16.5. The lowest BCUT2D eigenvalue weighted by atomic mass is 10.0. The maximum atomic E-state index is 13.3. The molecular weight excluding hydrogens is 301 g/mol. The van der Waals surface area contributed by atoms with Gasteiger partial charge in [0.05, 0.1) is 0 Å². The second-order valence-electron chi connectivity index (χ2n) is 4.99. The SMILES string of the molecule is Cc1cc(C(NC(=O)OCc2ccccc2)C(=O)O)ccc1F. The number of ether oxygens (including phenoxy) is 1. The molecule has 0 aromatic heterocycles. The van der Waals surface area contributed by atoms with Crippen molar-refractivity contribution < 1.29 is 23.8 Å². The lowest BCUT2D eigenvalue weighted by molar-refractivity contribution is -0.139. The lowest BCUT2D eigenvalue weighted by Crippen LogP contribution is -2.34. The molecule has 0 aliphatic rings. The molecule has 1 unspecified atom stereocenters. The normalized spacial score (nSPS) is 11.6. The van der Waals surface area contributed by atoms with Crippen molar-refractivity contribution in [1.29, 1.82) is 0 Å². The fourth-order valence-electron chi connectivity index (χ4n) is 2.02. The molecular formula is C17H16FNO4. The molecule has 23 heavy (non-hydrogen) atoms. The summed E-state index contributed by atoms with van der Waals surface area (Å²) in [6, 6.07) is 11.6. The second-order valence-corrected chi connectivity index (χ2v) is 4.99. The van der Waals surface area contributed by atoms with E-state index in [4.69, 9.17) is 4.74 Å². The number of benzene rings is 2. The Morgan fingerprint density at radius 3 is 2.52 bits per heavy atom. The molecule has 0 fully saturated rings. The van der Waals surface area contributed by atoms with Crippen molar-refractivity contribution in [3.05, 3.63) is 71.0 Å². The molecule has 0 radical (unpaired) electrons. The molecule has 0 aliphatic heterocycles. The van der Waals surface area contributed by atoms with E-state index >= 15 is 0 Å². The second kappa shape index (κ2) is 7.40. The van der Waals surface area contributed by atoms with Gasteiger partial charge in [0, 0.05) is 0 Å². The van der Waals surface area contributed by atoms with Crippen molar-refractivity contribution in [2.24, 2.45) is 0 Å². The first-order chi connectivity index (χ1) is 11.0. The zero-order valence-electron chi connectivity index (χ0n) is 12.5. The summed E-state index contributed by atoms with van der Waals surface area (Å²) in [5.74, 6) is -1.70. The Bertz CT molecular complexity index is 703. The lowest BCUT2D eigenvalue weighted by Gasteiger charge is -2.15. The Balaban J connectivity index is 2.02. The number of hydrogen-bond donors (Lipinski definition) is 2. The highest BCUT2D eigenvalue weighted by atomic mass is 19.1. The number of hydrogen-bond acceptors (Lipinski definition) is 3. The van der Waals surface area contributed by atoms with Gasteiger partial charge in [0.1, 0.15) is 12.4 Å². The summed E-state index contributed by atoms with van der Waals surface area (Å²) in [5.41, 5.74) is 1.36. The Hall–Kier alpha value is -2.89. The highest BCUT2D eigenvalue weighted by Gasteiger charge is 2.23. The van der Waals surface area contributed by atoms with Crippen molar-refractivity contribution in [1.82, 2.24) is 5.32 Å². The van der Waals surface area contributed by atoms with E-state index in [0.29, 0.717) is 5.56 Å². The molecule has 0 bridgehead atoms. The summed E-state index contributed by atoms with van der Waals surface area (Å²) in [5, 5.41) is 11.5. The van der Waals surface area contributed by atoms with Gasteiger partial charge in [0.2, 0.25) is 0 Å². The van der Waals surface area contributed by atoms with Gasteiger partial charge in [-0.2, -0.15) is 0 Å². The maximum absolute atomic E-state index is 13.3. The third-order valence-electron chi connectivity index (χ3n) is 3.24. The number of nitrogens with one attached hydrogen (secondary N) is 1. The van der Waals surface area contributed by atoms with Crippen LogP contribution in [0.2, 0.25) is 0 Å². The fraction of sp³-hybridized carbons (Fsp3) is 0.176. The minimum Gasteiger partial charge on any atom is -0.479 e. The average molecular weight is 317 g/mol. The van der Waals surface area contributed by atoms with E-state index < -0.39 is 23.9 Å². The number of carboxylic acid groups (broad SMARTS) is 1. The molecule has 5 nitrogen and oxygen atoms in total. The van der Waals surface area contributed by atoms with Crippen LogP contribution in [-0.4, -0.2) is 17.2 Å². The first-order valence-electron chi connectivity index (χ1n) is 6.93. The molecule has 0 saturated carbocycles. The standard InChI is InChI=1S/C17H16FNO4/c1-11-9-13(7-8-14(11)18)15(16(20)21)19-17(22)23-10-12-5-3-2-4-6-12/h2-9,15H,10H2,1H3,(H,19,22)(H,20,21). The van der Waals surface area contributed by atoms with Crippen molar-refractivity contribution in [2.45, 2.75) is 19.6 Å². The van der Waals surface area contributed by atoms with Crippen LogP contribution in [0.3, 0.4) is 0 Å². The van der Waals surface area contributed by atoms with E-state index in [-0.39, 0.29) is 12.2 Å². The van der Waals surface area contributed by atoms with Crippen LogP contribution in [0, 0.1) is 12.7 Å². The molecule has 0 spiro atoms. The minimum absolute atomic E-state index is 0.0292. The topological polar surface area (TPSA) is 75.6 Å². The molecule has 120 valence electrons. The number of alkyl carbamates (subject to hydrolysis) is 1. The quantitative estimate of drug-likeness (QED) is 0.888. The zero-order chi connectivity index (χ0) is 16.8. The number of carbonyl (C=O) groups excluding carboxylic acids is 1. The number of rotatable bonds is 5. The summed E-state index contributed by atoms with van der Waals surface area (Å²) in [6.45, 7) is 1.55. The molecule has 2 rings (SSSR count). The van der Waals surface area contributed by atoms with E-state index in [9.17, 15) is 19.1 Å². The molecule has 0 saturated heterocycles. The van der Waals surface area contributed by atoms with Crippen molar-refractivity contribution >= 4 is 12.1 Å². The Labute approximate surface area is 132 Å². The highest BCUT2D eigenvalue weighted by molar-refractivity contribution is 5.81. The van der Waals surface area contributed by atoms with Gasteiger partial charge < -0.3 is 15.2 Å². The third-order valence-corrected chi connectivity index (χ3v) is 3.24. The predicted molar refractivity (Wildman–Crippen MR) is 81.3 cm³/mol. The molecule has 0 aliphatic carbocycles. The minimum atomic E-state index is -1.31. The van der Waals surface area contributed by atoms with E-state index in [1.165, 1.54) is 19.1 Å². The van der Waals surface area contributed by atoms with Crippen LogP contribution >= 0.6 is 0 Å². The summed E-state index contributed by atoms with van der Waals surface area (Å²) >= 11 is 0. The van der Waals surface area contributed by atoms with Crippen molar-refractivity contribution in [3.63, 3.8) is 0 Å². The van der Waals surface area contributed by atoms with Crippen LogP contribution in [0.15, 0.2) is 48.5 Å². The van der Waals surface area contributed by atoms with Crippen LogP contribution in [0.5, 0.6) is 0 Å². The molecule has 2 aromatic carbocycles. The van der Waals surface area contributed by atoms with E-state index in [2.05, 4.69) is 5.32 Å². The summed E-state index contributed by atoms with van der Waals surface area (Å²) < 4.78 is 18.3. The Morgan fingerprint density at radius 2 is 1.91 bits per heavy atom. The number of carboxylic acids is 1. The number of halogens is 1. The van der Waals surface area contributed by atoms with Gasteiger partial charge in [-0.05, 0) is 29.7 Å². The van der Waals surface area contributed by atoms with E-state index in [0.717, 1.165) is 11.6 Å². The smallest absolute Gasteiger partial charge is 0.408 e. The average Bonchev–Trinajstić information content (AvgIpc) is 2.54.